The summed E-state index contributed by atoms with van der Waals surface area (Å²) in [7, 11) is -3.63. The molecule has 1 saturated heterocycles. The van der Waals surface area contributed by atoms with E-state index in [4.69, 9.17) is 5.73 Å². The van der Waals surface area contributed by atoms with E-state index in [1.807, 2.05) is 0 Å². The predicted octanol–water partition coefficient (Wildman–Crippen LogP) is 2.54. The van der Waals surface area contributed by atoms with E-state index in [2.05, 4.69) is 6.92 Å². The fourth-order valence-electron chi connectivity index (χ4n) is 2.61. The summed E-state index contributed by atoms with van der Waals surface area (Å²) in [5, 5.41) is 0.312. The highest BCUT2D eigenvalue weighted by Crippen LogP contribution is 2.32. The lowest BCUT2D eigenvalue weighted by Gasteiger charge is -2.32. The minimum Gasteiger partial charge on any atom is -0.396 e. The zero-order valence-corrected chi connectivity index (χ0v) is 14.2. The van der Waals surface area contributed by atoms with Crippen LogP contribution in [-0.2, 0) is 10.0 Å². The molecule has 0 aliphatic carbocycles. The van der Waals surface area contributed by atoms with Gasteiger partial charge in [0.25, 0.3) is 0 Å². The Morgan fingerprint density at radius 3 is 2.76 bits per heavy atom. The average molecular weight is 332 g/mol. The van der Waals surface area contributed by atoms with Crippen LogP contribution >= 0.6 is 11.8 Å². The summed E-state index contributed by atoms with van der Waals surface area (Å²) in [4.78, 5) is 0.156. The van der Waals surface area contributed by atoms with Crippen LogP contribution in [0.25, 0.3) is 0 Å². The fourth-order valence-corrected chi connectivity index (χ4v) is 5.93. The number of nitrogen functional groups attached to an aromatic ring is 1. The Hall–Kier alpha value is -0.790. The molecular weight excluding hydrogens is 311 g/mol. The number of rotatable bonds is 3. The zero-order chi connectivity index (χ0) is 15.8. The number of nitrogens with zero attached hydrogens (tertiary/aromatic N) is 1. The largest absolute Gasteiger partial charge is 0.396 e. The molecule has 7 heteroatoms. The summed E-state index contributed by atoms with van der Waals surface area (Å²) in [6, 6.07) is 1.20. The highest BCUT2D eigenvalue weighted by Gasteiger charge is 2.33. The molecule has 0 bridgehead atoms. The first-order valence-electron chi connectivity index (χ1n) is 6.96. The van der Waals surface area contributed by atoms with Gasteiger partial charge in [0.05, 0.1) is 10.6 Å². The summed E-state index contributed by atoms with van der Waals surface area (Å²) in [6.07, 6.45) is 0.931. The summed E-state index contributed by atoms with van der Waals surface area (Å²) < 4.78 is 40.9. The Morgan fingerprint density at radius 1 is 1.48 bits per heavy atom. The first kappa shape index (κ1) is 16.6. The van der Waals surface area contributed by atoms with Gasteiger partial charge in [-0.1, -0.05) is 6.92 Å². The molecule has 1 aromatic carbocycles. The summed E-state index contributed by atoms with van der Waals surface area (Å²) in [5.74, 6) is 0.219. The molecule has 1 fully saturated rings. The minimum atomic E-state index is -3.63. The number of aryl methyl sites for hydroxylation is 1. The molecule has 0 amide bonds. The van der Waals surface area contributed by atoms with Crippen molar-refractivity contribution in [1.29, 1.82) is 0 Å². The first-order valence-corrected chi connectivity index (χ1v) is 9.44. The molecule has 1 unspecified atom stereocenters. The molecule has 0 spiro atoms. The van der Waals surface area contributed by atoms with Gasteiger partial charge in [-0.05, 0) is 37.5 Å². The molecule has 0 radical (unpaired) electrons. The Kier molecular flexibility index (Phi) is 4.85. The van der Waals surface area contributed by atoms with E-state index in [1.54, 1.807) is 25.6 Å². The van der Waals surface area contributed by atoms with Crippen molar-refractivity contribution in [3.8, 4) is 0 Å². The molecule has 0 aromatic heterocycles. The first-order chi connectivity index (χ1) is 9.78. The summed E-state index contributed by atoms with van der Waals surface area (Å²) in [6.45, 7) is 6.21. The SMILES string of the molecule is CCC1CN(S(=O)(=O)c2c(C)cc(F)c(N)c2C)CCS1. The van der Waals surface area contributed by atoms with Crippen molar-refractivity contribution in [2.75, 3.05) is 24.6 Å². The van der Waals surface area contributed by atoms with E-state index < -0.39 is 15.8 Å². The molecule has 0 saturated carbocycles. The summed E-state index contributed by atoms with van der Waals surface area (Å²) in [5.41, 5.74) is 6.30. The lowest BCUT2D eigenvalue weighted by atomic mass is 10.1. The second-order valence-corrected chi connectivity index (χ2v) is 8.59. The van der Waals surface area contributed by atoms with Gasteiger partial charge < -0.3 is 5.73 Å². The monoisotopic (exact) mass is 332 g/mol. The molecule has 1 aliphatic heterocycles. The van der Waals surface area contributed by atoms with Gasteiger partial charge in [0.1, 0.15) is 5.82 Å². The van der Waals surface area contributed by atoms with Crippen molar-refractivity contribution in [3.05, 3.63) is 23.0 Å². The van der Waals surface area contributed by atoms with Gasteiger partial charge in [0.2, 0.25) is 10.0 Å². The van der Waals surface area contributed by atoms with Gasteiger partial charge in [-0.3, -0.25) is 0 Å². The smallest absolute Gasteiger partial charge is 0.243 e. The van der Waals surface area contributed by atoms with Crippen molar-refractivity contribution >= 4 is 27.5 Å². The molecular formula is C14H21FN2O2S2. The molecule has 2 N–H and O–H groups in total. The number of nitrogens with two attached hydrogens (primary N) is 1. The normalized spacial score (nSPS) is 20.7. The van der Waals surface area contributed by atoms with Crippen LogP contribution in [-0.4, -0.2) is 36.8 Å². The highest BCUT2D eigenvalue weighted by molar-refractivity contribution is 8.00. The van der Waals surface area contributed by atoms with E-state index in [-0.39, 0.29) is 10.6 Å². The zero-order valence-electron chi connectivity index (χ0n) is 12.5. The maximum Gasteiger partial charge on any atom is 0.243 e. The lowest BCUT2D eigenvalue weighted by Crippen LogP contribution is -2.42. The minimum absolute atomic E-state index is 0.0856. The molecule has 1 heterocycles. The van der Waals surface area contributed by atoms with Crippen LogP contribution in [0, 0.1) is 19.7 Å². The average Bonchev–Trinajstić information content (AvgIpc) is 2.44. The van der Waals surface area contributed by atoms with E-state index in [0.717, 1.165) is 12.2 Å². The van der Waals surface area contributed by atoms with E-state index in [0.29, 0.717) is 29.5 Å². The van der Waals surface area contributed by atoms with Crippen molar-refractivity contribution in [3.63, 3.8) is 0 Å². The standard InChI is InChI=1S/C14H21FN2O2S2/c1-4-11-8-17(5-6-20-11)21(18,19)14-9(2)7-12(15)13(16)10(14)3/h7,11H,4-6,8,16H2,1-3H3. The van der Waals surface area contributed by atoms with Crippen LogP contribution in [0.15, 0.2) is 11.0 Å². The highest BCUT2D eigenvalue weighted by atomic mass is 32.2. The summed E-state index contributed by atoms with van der Waals surface area (Å²) >= 11 is 1.80. The van der Waals surface area contributed by atoms with Crippen LogP contribution in [0.4, 0.5) is 10.1 Å². The van der Waals surface area contributed by atoms with Crippen LogP contribution in [0.2, 0.25) is 0 Å². The molecule has 4 nitrogen and oxygen atoms in total. The van der Waals surface area contributed by atoms with Gasteiger partial charge in [-0.2, -0.15) is 16.1 Å². The van der Waals surface area contributed by atoms with Gasteiger partial charge in [-0.15, -0.1) is 0 Å². The van der Waals surface area contributed by atoms with Crippen molar-refractivity contribution in [2.45, 2.75) is 37.3 Å². The number of hydrogen-bond donors (Lipinski definition) is 1. The third-order valence-electron chi connectivity index (χ3n) is 3.86. The third-order valence-corrected chi connectivity index (χ3v) is 7.39. The molecule has 1 atom stereocenters. The second kappa shape index (κ2) is 6.14. The van der Waals surface area contributed by atoms with Crippen LogP contribution < -0.4 is 5.73 Å². The van der Waals surface area contributed by atoms with E-state index in [9.17, 15) is 12.8 Å². The molecule has 1 aromatic rings. The number of anilines is 1. The van der Waals surface area contributed by atoms with Crippen LogP contribution in [0.5, 0.6) is 0 Å². The molecule has 21 heavy (non-hydrogen) atoms. The number of hydrogen-bond acceptors (Lipinski definition) is 4. The van der Waals surface area contributed by atoms with Gasteiger partial charge in [-0.25, -0.2) is 12.8 Å². The lowest BCUT2D eigenvalue weighted by molar-refractivity contribution is 0.415. The topological polar surface area (TPSA) is 63.4 Å². The Morgan fingerprint density at radius 2 is 2.14 bits per heavy atom. The fraction of sp³-hybridized carbons (Fsp3) is 0.571. The number of sulfonamides is 1. The Balaban J connectivity index is 2.47. The van der Waals surface area contributed by atoms with Crippen molar-refractivity contribution in [1.82, 2.24) is 4.31 Å². The van der Waals surface area contributed by atoms with Gasteiger partial charge in [0.15, 0.2) is 0 Å². The van der Waals surface area contributed by atoms with Gasteiger partial charge >= 0.3 is 0 Å². The number of thioether (sulfide) groups is 1. The van der Waals surface area contributed by atoms with Crippen molar-refractivity contribution < 1.29 is 12.8 Å². The molecule has 2 rings (SSSR count). The number of benzene rings is 1. The van der Waals surface area contributed by atoms with Crippen molar-refractivity contribution in [2.24, 2.45) is 0 Å². The Bertz CT molecular complexity index is 647. The van der Waals surface area contributed by atoms with Crippen LogP contribution in [0.1, 0.15) is 24.5 Å². The second-order valence-electron chi connectivity index (χ2n) is 5.31. The Labute approximate surface area is 129 Å². The van der Waals surface area contributed by atoms with Crippen LogP contribution in [0.3, 0.4) is 0 Å². The molecule has 1 aliphatic rings. The number of halogens is 1. The predicted molar refractivity (Wildman–Crippen MR) is 85.6 cm³/mol. The maximum atomic E-state index is 13.6. The third kappa shape index (κ3) is 3.05. The maximum absolute atomic E-state index is 13.6. The van der Waals surface area contributed by atoms with Gasteiger partial charge in [0, 0.05) is 24.1 Å². The quantitative estimate of drug-likeness (QED) is 0.864. The van der Waals surface area contributed by atoms with E-state index in [1.165, 1.54) is 10.4 Å². The molecule has 118 valence electrons. The van der Waals surface area contributed by atoms with E-state index >= 15 is 0 Å².